The van der Waals surface area contributed by atoms with Crippen molar-refractivity contribution in [3.05, 3.63) is 48.3 Å². The van der Waals surface area contributed by atoms with E-state index >= 15 is 0 Å². The molecule has 0 radical (unpaired) electrons. The van der Waals surface area contributed by atoms with Crippen molar-refractivity contribution in [3.63, 3.8) is 0 Å². The largest absolute Gasteiger partial charge is 0.393 e. The van der Waals surface area contributed by atoms with Crippen LogP contribution in [0.3, 0.4) is 0 Å². The lowest BCUT2D eigenvalue weighted by atomic mass is 10.0. The molecule has 0 spiro atoms. The van der Waals surface area contributed by atoms with Gasteiger partial charge in [-0.15, -0.1) is 0 Å². The molecule has 1 aromatic carbocycles. The molecule has 0 saturated heterocycles. The van der Waals surface area contributed by atoms with Crippen molar-refractivity contribution < 1.29 is 13.5 Å². The predicted molar refractivity (Wildman–Crippen MR) is 100 cm³/mol. The van der Waals surface area contributed by atoms with Gasteiger partial charge in [0.2, 0.25) is 10.0 Å². The lowest BCUT2D eigenvalue weighted by molar-refractivity contribution is 0.181. The van der Waals surface area contributed by atoms with Crippen LogP contribution in [0.2, 0.25) is 0 Å². The zero-order chi connectivity index (χ0) is 18.3. The second kappa shape index (κ2) is 6.50. The molecule has 7 heteroatoms. The fourth-order valence-electron chi connectivity index (χ4n) is 3.58. The normalized spacial score (nSPS) is 20.7. The molecule has 136 valence electrons. The van der Waals surface area contributed by atoms with Crippen molar-refractivity contribution in [2.45, 2.75) is 43.2 Å². The molecule has 2 unspecified atom stereocenters. The number of aromatic amines is 1. The number of sulfonamides is 1. The zero-order valence-electron chi connectivity index (χ0n) is 14.4. The number of aryl methyl sites for hydroxylation is 1. The number of aromatic nitrogens is 2. The summed E-state index contributed by atoms with van der Waals surface area (Å²) in [4.78, 5) is 7.77. The maximum Gasteiger partial charge on any atom is 0.240 e. The number of benzene rings is 1. The van der Waals surface area contributed by atoms with E-state index in [4.69, 9.17) is 0 Å². The number of rotatable bonds is 4. The highest BCUT2D eigenvalue weighted by Crippen LogP contribution is 2.29. The SMILES string of the molecule is Cc1cc2c(-c3ccc(S(=O)(=O)NC4CCC(O)C4)cc3)ccnc2[nH]1. The molecule has 1 aliphatic carbocycles. The van der Waals surface area contributed by atoms with Gasteiger partial charge in [-0.05, 0) is 61.6 Å². The first-order chi connectivity index (χ1) is 12.4. The molecular formula is C19H21N3O3S. The second-order valence-electron chi connectivity index (χ2n) is 6.88. The average Bonchev–Trinajstić information content (AvgIpc) is 3.18. The molecule has 26 heavy (non-hydrogen) atoms. The molecule has 0 amide bonds. The molecule has 4 rings (SSSR count). The molecule has 3 aromatic rings. The summed E-state index contributed by atoms with van der Waals surface area (Å²) in [5.74, 6) is 0. The highest BCUT2D eigenvalue weighted by Gasteiger charge is 2.27. The van der Waals surface area contributed by atoms with Gasteiger partial charge >= 0.3 is 0 Å². The van der Waals surface area contributed by atoms with Crippen LogP contribution in [0.1, 0.15) is 25.0 Å². The van der Waals surface area contributed by atoms with Gasteiger partial charge in [0.25, 0.3) is 0 Å². The summed E-state index contributed by atoms with van der Waals surface area (Å²) < 4.78 is 27.8. The molecule has 2 atom stereocenters. The summed E-state index contributed by atoms with van der Waals surface area (Å²) in [5, 5.41) is 10.6. The van der Waals surface area contributed by atoms with E-state index in [0.717, 1.165) is 27.9 Å². The third-order valence-corrected chi connectivity index (χ3v) is 6.41. The van der Waals surface area contributed by atoms with Crippen LogP contribution in [0.5, 0.6) is 0 Å². The Bertz CT molecular complexity index is 1040. The fourth-order valence-corrected chi connectivity index (χ4v) is 4.86. The minimum Gasteiger partial charge on any atom is -0.393 e. The average molecular weight is 371 g/mol. The number of pyridine rings is 1. The first-order valence-electron chi connectivity index (χ1n) is 8.67. The van der Waals surface area contributed by atoms with Crippen LogP contribution in [0.25, 0.3) is 22.2 Å². The Morgan fingerprint density at radius 1 is 1.19 bits per heavy atom. The Hall–Kier alpha value is -2.22. The van der Waals surface area contributed by atoms with Gasteiger partial charge in [0.1, 0.15) is 5.65 Å². The van der Waals surface area contributed by atoms with Gasteiger partial charge in [0.15, 0.2) is 0 Å². The first kappa shape index (κ1) is 17.2. The quantitative estimate of drug-likeness (QED) is 0.657. The number of H-pyrrole nitrogens is 1. The highest BCUT2D eigenvalue weighted by atomic mass is 32.2. The second-order valence-corrected chi connectivity index (χ2v) is 8.60. The van der Waals surface area contributed by atoms with E-state index in [1.54, 1.807) is 18.3 Å². The first-order valence-corrected chi connectivity index (χ1v) is 10.2. The van der Waals surface area contributed by atoms with E-state index in [1.807, 2.05) is 31.2 Å². The van der Waals surface area contributed by atoms with E-state index in [2.05, 4.69) is 14.7 Å². The minimum atomic E-state index is -3.58. The number of hydrogen-bond acceptors (Lipinski definition) is 4. The summed E-state index contributed by atoms with van der Waals surface area (Å²) in [7, 11) is -3.58. The van der Waals surface area contributed by atoms with Crippen molar-refractivity contribution in [3.8, 4) is 11.1 Å². The maximum absolute atomic E-state index is 12.6. The van der Waals surface area contributed by atoms with Gasteiger partial charge in [-0.25, -0.2) is 18.1 Å². The van der Waals surface area contributed by atoms with Crippen LogP contribution in [0.15, 0.2) is 47.5 Å². The number of aliphatic hydroxyl groups is 1. The highest BCUT2D eigenvalue weighted by molar-refractivity contribution is 7.89. The minimum absolute atomic E-state index is 0.197. The van der Waals surface area contributed by atoms with E-state index in [-0.39, 0.29) is 10.9 Å². The van der Waals surface area contributed by atoms with Crippen LogP contribution >= 0.6 is 0 Å². The lowest BCUT2D eigenvalue weighted by Gasteiger charge is -2.13. The summed E-state index contributed by atoms with van der Waals surface area (Å²) in [6.07, 6.45) is 3.11. The molecule has 1 aliphatic rings. The van der Waals surface area contributed by atoms with Gasteiger partial charge in [-0.3, -0.25) is 0 Å². The van der Waals surface area contributed by atoms with Crippen molar-refractivity contribution in [1.82, 2.24) is 14.7 Å². The summed E-state index contributed by atoms with van der Waals surface area (Å²) in [6, 6.07) is 10.6. The van der Waals surface area contributed by atoms with E-state index in [9.17, 15) is 13.5 Å². The topological polar surface area (TPSA) is 95.1 Å². The molecule has 0 bridgehead atoms. The van der Waals surface area contributed by atoms with Gasteiger partial charge in [-0.1, -0.05) is 12.1 Å². The van der Waals surface area contributed by atoms with E-state index in [1.165, 1.54) is 0 Å². The number of hydrogen-bond donors (Lipinski definition) is 3. The molecular weight excluding hydrogens is 350 g/mol. The number of aliphatic hydroxyl groups excluding tert-OH is 1. The molecule has 1 saturated carbocycles. The third kappa shape index (κ3) is 3.25. The summed E-state index contributed by atoms with van der Waals surface area (Å²) in [6.45, 7) is 1.98. The third-order valence-electron chi connectivity index (χ3n) is 4.87. The zero-order valence-corrected chi connectivity index (χ0v) is 15.3. The molecule has 0 aliphatic heterocycles. The van der Waals surface area contributed by atoms with Crippen molar-refractivity contribution in [1.29, 1.82) is 0 Å². The Morgan fingerprint density at radius 2 is 1.96 bits per heavy atom. The predicted octanol–water partition coefficient (Wildman–Crippen LogP) is 2.73. The number of nitrogens with zero attached hydrogens (tertiary/aromatic N) is 1. The fraction of sp³-hybridized carbons (Fsp3) is 0.316. The van der Waals surface area contributed by atoms with Crippen LogP contribution in [-0.2, 0) is 10.0 Å². The Morgan fingerprint density at radius 3 is 2.65 bits per heavy atom. The van der Waals surface area contributed by atoms with Crippen LogP contribution in [0.4, 0.5) is 0 Å². The lowest BCUT2D eigenvalue weighted by Crippen LogP contribution is -2.33. The van der Waals surface area contributed by atoms with Crippen molar-refractivity contribution in [2.75, 3.05) is 0 Å². The Kier molecular flexibility index (Phi) is 4.30. The monoisotopic (exact) mass is 371 g/mol. The summed E-state index contributed by atoms with van der Waals surface area (Å²) in [5.41, 5.74) is 3.79. The van der Waals surface area contributed by atoms with E-state index in [0.29, 0.717) is 19.3 Å². The molecule has 2 aromatic heterocycles. The molecule has 6 nitrogen and oxygen atoms in total. The number of nitrogens with one attached hydrogen (secondary N) is 2. The molecule has 3 N–H and O–H groups in total. The maximum atomic E-state index is 12.6. The molecule has 2 heterocycles. The standard InChI is InChI=1S/C19H21N3O3S/c1-12-10-18-17(8-9-20-19(18)21-12)13-2-6-16(7-3-13)26(24,25)22-14-4-5-15(23)11-14/h2-3,6-10,14-15,22-23H,4-5,11H2,1H3,(H,20,21). The molecule has 1 fully saturated rings. The Labute approximate surface area is 152 Å². The van der Waals surface area contributed by atoms with Gasteiger partial charge in [0.05, 0.1) is 11.0 Å². The van der Waals surface area contributed by atoms with Crippen LogP contribution in [0, 0.1) is 6.92 Å². The summed E-state index contributed by atoms with van der Waals surface area (Å²) >= 11 is 0. The van der Waals surface area contributed by atoms with Gasteiger partial charge in [-0.2, -0.15) is 0 Å². The van der Waals surface area contributed by atoms with Crippen LogP contribution in [-0.4, -0.2) is 35.6 Å². The van der Waals surface area contributed by atoms with Gasteiger partial charge in [0, 0.05) is 23.3 Å². The Balaban J connectivity index is 1.62. The van der Waals surface area contributed by atoms with E-state index < -0.39 is 16.1 Å². The van der Waals surface area contributed by atoms with Crippen molar-refractivity contribution in [2.24, 2.45) is 0 Å². The van der Waals surface area contributed by atoms with Crippen LogP contribution < -0.4 is 4.72 Å². The van der Waals surface area contributed by atoms with Crippen molar-refractivity contribution >= 4 is 21.1 Å². The smallest absolute Gasteiger partial charge is 0.240 e. The van der Waals surface area contributed by atoms with Gasteiger partial charge < -0.3 is 10.1 Å². The number of fused-ring (bicyclic) bond motifs is 1.